The topological polar surface area (TPSA) is 76.5 Å². The van der Waals surface area contributed by atoms with Crippen molar-refractivity contribution in [3.63, 3.8) is 0 Å². The molecule has 0 radical (unpaired) electrons. The normalized spacial score (nSPS) is 16.2. The molecule has 3 heterocycles. The number of pyridine rings is 1. The van der Waals surface area contributed by atoms with Gasteiger partial charge in [0.15, 0.2) is 5.65 Å². The van der Waals surface area contributed by atoms with Crippen LogP contribution in [0.3, 0.4) is 0 Å². The summed E-state index contributed by atoms with van der Waals surface area (Å²) in [6, 6.07) is 3.79. The highest BCUT2D eigenvalue weighted by Crippen LogP contribution is 2.33. The van der Waals surface area contributed by atoms with E-state index in [1.165, 1.54) is 42.2 Å². The SMILES string of the molecule is O=c1[nH]c2ncc(C3CCCCC3)cc2n1-c1ncccn1. The van der Waals surface area contributed by atoms with Crippen molar-refractivity contribution in [2.45, 2.75) is 38.0 Å². The van der Waals surface area contributed by atoms with E-state index >= 15 is 0 Å². The first-order chi connectivity index (χ1) is 10.8. The zero-order valence-corrected chi connectivity index (χ0v) is 12.2. The van der Waals surface area contributed by atoms with Crippen LogP contribution < -0.4 is 5.69 Å². The number of aromatic amines is 1. The standard InChI is InChI=1S/C16H17N5O/c22-16-20-14-13(21(16)15-17-7-4-8-18-15)9-12(10-19-14)11-5-2-1-3-6-11/h4,7-11H,1-3,5-6H2,(H,19,20,22). The van der Waals surface area contributed by atoms with Crippen LogP contribution in [0.4, 0.5) is 0 Å². The molecule has 1 fully saturated rings. The Labute approximate surface area is 127 Å². The highest BCUT2D eigenvalue weighted by Gasteiger charge is 2.18. The van der Waals surface area contributed by atoms with Gasteiger partial charge in [-0.1, -0.05) is 19.3 Å². The lowest BCUT2D eigenvalue weighted by atomic mass is 9.85. The summed E-state index contributed by atoms with van der Waals surface area (Å²) in [4.78, 5) is 27.8. The Morgan fingerprint density at radius 3 is 2.64 bits per heavy atom. The Kier molecular flexibility index (Phi) is 3.21. The number of imidazole rings is 1. The molecule has 1 aliphatic rings. The van der Waals surface area contributed by atoms with Crippen LogP contribution >= 0.6 is 0 Å². The summed E-state index contributed by atoms with van der Waals surface area (Å²) in [5.41, 5.74) is 2.28. The van der Waals surface area contributed by atoms with E-state index in [-0.39, 0.29) is 5.69 Å². The average molecular weight is 295 g/mol. The van der Waals surface area contributed by atoms with Gasteiger partial charge in [0.2, 0.25) is 5.95 Å². The second-order valence-electron chi connectivity index (χ2n) is 5.79. The fraction of sp³-hybridized carbons (Fsp3) is 0.375. The lowest BCUT2D eigenvalue weighted by Crippen LogP contribution is -2.17. The van der Waals surface area contributed by atoms with Crippen molar-refractivity contribution in [1.29, 1.82) is 0 Å². The molecule has 0 spiro atoms. The van der Waals surface area contributed by atoms with Crippen LogP contribution in [-0.2, 0) is 0 Å². The molecular weight excluding hydrogens is 278 g/mol. The number of nitrogens with zero attached hydrogens (tertiary/aromatic N) is 4. The van der Waals surface area contributed by atoms with Gasteiger partial charge >= 0.3 is 5.69 Å². The molecule has 3 aromatic rings. The first-order valence-corrected chi connectivity index (χ1v) is 7.71. The number of rotatable bonds is 2. The van der Waals surface area contributed by atoms with Crippen LogP contribution in [0.5, 0.6) is 0 Å². The van der Waals surface area contributed by atoms with Gasteiger partial charge in [0.1, 0.15) is 0 Å². The molecule has 1 saturated carbocycles. The third kappa shape index (κ3) is 2.20. The zero-order valence-electron chi connectivity index (χ0n) is 12.2. The molecule has 6 heteroatoms. The lowest BCUT2D eigenvalue weighted by molar-refractivity contribution is 0.443. The molecule has 3 aromatic heterocycles. The second-order valence-corrected chi connectivity index (χ2v) is 5.79. The molecular formula is C16H17N5O. The van der Waals surface area contributed by atoms with Gasteiger partial charge in [-0.05, 0) is 36.5 Å². The van der Waals surface area contributed by atoms with Crippen molar-refractivity contribution in [3.05, 3.63) is 46.8 Å². The maximum absolute atomic E-state index is 12.2. The van der Waals surface area contributed by atoms with Gasteiger partial charge in [0.25, 0.3) is 0 Å². The molecule has 0 saturated heterocycles. The molecule has 0 aromatic carbocycles. The molecule has 0 bridgehead atoms. The first kappa shape index (κ1) is 13.2. The van der Waals surface area contributed by atoms with Crippen LogP contribution in [-0.4, -0.2) is 24.5 Å². The van der Waals surface area contributed by atoms with Crippen LogP contribution in [0.2, 0.25) is 0 Å². The lowest BCUT2D eigenvalue weighted by Gasteiger charge is -2.21. The fourth-order valence-corrected chi connectivity index (χ4v) is 3.27. The summed E-state index contributed by atoms with van der Waals surface area (Å²) in [5, 5.41) is 0. The largest absolute Gasteiger partial charge is 0.334 e. The van der Waals surface area contributed by atoms with Gasteiger partial charge in [-0.15, -0.1) is 0 Å². The third-order valence-corrected chi connectivity index (χ3v) is 4.39. The van der Waals surface area contributed by atoms with E-state index in [0.29, 0.717) is 17.5 Å². The van der Waals surface area contributed by atoms with Crippen molar-refractivity contribution in [3.8, 4) is 5.95 Å². The predicted molar refractivity (Wildman–Crippen MR) is 83.1 cm³/mol. The van der Waals surface area contributed by atoms with E-state index in [1.807, 2.05) is 6.20 Å². The van der Waals surface area contributed by atoms with Crippen molar-refractivity contribution in [2.75, 3.05) is 0 Å². The maximum atomic E-state index is 12.2. The van der Waals surface area contributed by atoms with Crippen LogP contribution in [0.1, 0.15) is 43.6 Å². The monoisotopic (exact) mass is 295 g/mol. The minimum absolute atomic E-state index is 0.255. The van der Waals surface area contributed by atoms with E-state index in [9.17, 15) is 4.79 Å². The number of H-pyrrole nitrogens is 1. The third-order valence-electron chi connectivity index (χ3n) is 4.39. The highest BCUT2D eigenvalue weighted by atomic mass is 16.1. The van der Waals surface area contributed by atoms with Crippen molar-refractivity contribution < 1.29 is 0 Å². The van der Waals surface area contributed by atoms with Gasteiger partial charge in [0.05, 0.1) is 5.52 Å². The van der Waals surface area contributed by atoms with Crippen LogP contribution in [0.25, 0.3) is 17.1 Å². The summed E-state index contributed by atoms with van der Waals surface area (Å²) >= 11 is 0. The Hall–Kier alpha value is -2.50. The highest BCUT2D eigenvalue weighted by molar-refractivity contribution is 5.73. The average Bonchev–Trinajstić information content (AvgIpc) is 2.91. The number of nitrogens with one attached hydrogen (secondary N) is 1. The molecule has 22 heavy (non-hydrogen) atoms. The molecule has 0 aliphatic heterocycles. The van der Waals surface area contributed by atoms with E-state index in [0.717, 1.165) is 5.52 Å². The number of aromatic nitrogens is 5. The second kappa shape index (κ2) is 5.36. The van der Waals surface area contributed by atoms with Gasteiger partial charge < -0.3 is 0 Å². The molecule has 1 N–H and O–H groups in total. The summed E-state index contributed by atoms with van der Waals surface area (Å²) in [6.07, 6.45) is 11.4. The molecule has 6 nitrogen and oxygen atoms in total. The zero-order chi connectivity index (χ0) is 14.9. The van der Waals surface area contributed by atoms with Crippen molar-refractivity contribution in [1.82, 2.24) is 24.5 Å². The molecule has 1 aliphatic carbocycles. The minimum atomic E-state index is -0.255. The summed E-state index contributed by atoms with van der Waals surface area (Å²) in [7, 11) is 0. The summed E-state index contributed by atoms with van der Waals surface area (Å²) < 4.78 is 1.49. The Balaban J connectivity index is 1.86. The van der Waals surface area contributed by atoms with E-state index < -0.39 is 0 Å². The van der Waals surface area contributed by atoms with Gasteiger partial charge in [0, 0.05) is 18.6 Å². The van der Waals surface area contributed by atoms with Crippen LogP contribution in [0, 0.1) is 0 Å². The predicted octanol–water partition coefficient (Wildman–Crippen LogP) is 2.55. The Morgan fingerprint density at radius 1 is 1.09 bits per heavy atom. The van der Waals surface area contributed by atoms with Crippen molar-refractivity contribution >= 4 is 11.2 Å². The number of hydrogen-bond acceptors (Lipinski definition) is 4. The van der Waals surface area contributed by atoms with E-state index in [2.05, 4.69) is 26.0 Å². The van der Waals surface area contributed by atoms with E-state index in [1.54, 1.807) is 18.5 Å². The summed E-state index contributed by atoms with van der Waals surface area (Å²) in [5.74, 6) is 0.919. The smallest absolute Gasteiger partial charge is 0.290 e. The Bertz CT molecular complexity index is 846. The molecule has 0 atom stereocenters. The summed E-state index contributed by atoms with van der Waals surface area (Å²) in [6.45, 7) is 0. The van der Waals surface area contributed by atoms with Crippen LogP contribution in [0.15, 0.2) is 35.5 Å². The van der Waals surface area contributed by atoms with Gasteiger partial charge in [-0.2, -0.15) is 0 Å². The first-order valence-electron chi connectivity index (χ1n) is 7.71. The minimum Gasteiger partial charge on any atom is -0.290 e. The number of fused-ring (bicyclic) bond motifs is 1. The van der Waals surface area contributed by atoms with Crippen molar-refractivity contribution in [2.24, 2.45) is 0 Å². The Morgan fingerprint density at radius 2 is 1.86 bits per heavy atom. The molecule has 4 rings (SSSR count). The maximum Gasteiger partial charge on any atom is 0.334 e. The number of hydrogen-bond donors (Lipinski definition) is 1. The quantitative estimate of drug-likeness (QED) is 0.788. The fourth-order valence-electron chi connectivity index (χ4n) is 3.27. The molecule has 112 valence electrons. The van der Waals surface area contributed by atoms with Gasteiger partial charge in [-0.25, -0.2) is 24.3 Å². The molecule has 0 unspecified atom stereocenters. The van der Waals surface area contributed by atoms with Gasteiger partial charge in [-0.3, -0.25) is 4.98 Å². The van der Waals surface area contributed by atoms with E-state index in [4.69, 9.17) is 0 Å². The molecule has 0 amide bonds.